The summed E-state index contributed by atoms with van der Waals surface area (Å²) in [5, 5.41) is 9.65. The van der Waals surface area contributed by atoms with Crippen LogP contribution in [0.3, 0.4) is 0 Å². The molecule has 0 aromatic rings. The Bertz CT molecular complexity index is 213. The van der Waals surface area contributed by atoms with Gasteiger partial charge in [-0.2, -0.15) is 0 Å². The maximum absolute atomic E-state index is 11.7. The van der Waals surface area contributed by atoms with Crippen LogP contribution in [0.4, 0.5) is 0 Å². The molecule has 0 amide bonds. The molecule has 0 aromatic heterocycles. The SMILES string of the molecule is CCCC(CC)(CC)C(CC)(CC)C(=O)O. The van der Waals surface area contributed by atoms with Gasteiger partial charge in [-0.3, -0.25) is 4.79 Å². The Morgan fingerprint density at radius 3 is 1.56 bits per heavy atom. The zero-order valence-corrected chi connectivity index (χ0v) is 11.6. The van der Waals surface area contributed by atoms with Gasteiger partial charge >= 0.3 is 5.97 Å². The summed E-state index contributed by atoms with van der Waals surface area (Å²) in [5.74, 6) is -0.602. The fourth-order valence-corrected chi connectivity index (χ4v) is 3.53. The lowest BCUT2D eigenvalue weighted by atomic mass is 9.56. The first kappa shape index (κ1) is 15.5. The predicted octanol–water partition coefficient (Wildman–Crippen LogP) is 4.48. The van der Waals surface area contributed by atoms with Crippen LogP contribution in [-0.4, -0.2) is 11.1 Å². The normalized spacial score (nSPS) is 12.8. The summed E-state index contributed by atoms with van der Waals surface area (Å²) in [4.78, 5) is 11.7. The molecule has 0 unspecified atom stereocenters. The van der Waals surface area contributed by atoms with Crippen molar-refractivity contribution in [3.63, 3.8) is 0 Å². The van der Waals surface area contributed by atoms with Crippen molar-refractivity contribution in [1.29, 1.82) is 0 Å². The highest BCUT2D eigenvalue weighted by atomic mass is 16.4. The number of hydrogen-bond acceptors (Lipinski definition) is 1. The zero-order valence-electron chi connectivity index (χ0n) is 11.6. The van der Waals surface area contributed by atoms with Gasteiger partial charge in [-0.15, -0.1) is 0 Å². The molecule has 2 heteroatoms. The molecular weight excluding hydrogens is 200 g/mol. The monoisotopic (exact) mass is 228 g/mol. The van der Waals surface area contributed by atoms with Crippen molar-refractivity contribution in [1.82, 2.24) is 0 Å². The van der Waals surface area contributed by atoms with Gasteiger partial charge in [0.15, 0.2) is 0 Å². The first-order chi connectivity index (χ1) is 7.50. The third kappa shape index (κ3) is 2.26. The fraction of sp³-hybridized carbons (Fsp3) is 0.929. The Morgan fingerprint density at radius 1 is 0.938 bits per heavy atom. The topological polar surface area (TPSA) is 37.3 Å². The second-order valence-electron chi connectivity index (χ2n) is 4.83. The molecule has 1 N–H and O–H groups in total. The molecule has 0 saturated heterocycles. The van der Waals surface area contributed by atoms with Gasteiger partial charge in [0.05, 0.1) is 5.41 Å². The number of carboxylic acid groups (broad SMARTS) is 1. The Labute approximate surface area is 100 Å². The van der Waals surface area contributed by atoms with Crippen molar-refractivity contribution in [2.45, 2.75) is 73.1 Å². The van der Waals surface area contributed by atoms with E-state index >= 15 is 0 Å². The van der Waals surface area contributed by atoms with Crippen molar-refractivity contribution in [3.05, 3.63) is 0 Å². The Balaban J connectivity index is 5.48. The van der Waals surface area contributed by atoms with E-state index in [4.69, 9.17) is 0 Å². The number of carbonyl (C=O) groups is 1. The summed E-state index contributed by atoms with van der Waals surface area (Å²) in [5.41, 5.74) is -0.566. The predicted molar refractivity (Wildman–Crippen MR) is 68.6 cm³/mol. The molecule has 0 aliphatic heterocycles. The number of carboxylic acids is 1. The van der Waals surface area contributed by atoms with Crippen LogP contribution in [0.15, 0.2) is 0 Å². The lowest BCUT2D eigenvalue weighted by molar-refractivity contribution is -0.161. The Morgan fingerprint density at radius 2 is 1.38 bits per heavy atom. The summed E-state index contributed by atoms with van der Waals surface area (Å²) in [6.07, 6.45) is 5.49. The Kier molecular flexibility index (Phi) is 6.06. The molecule has 0 fully saturated rings. The van der Waals surface area contributed by atoms with Gasteiger partial charge < -0.3 is 5.11 Å². The number of hydrogen-bond donors (Lipinski definition) is 1. The fourth-order valence-electron chi connectivity index (χ4n) is 3.53. The molecule has 0 radical (unpaired) electrons. The van der Waals surface area contributed by atoms with Crippen LogP contribution in [0.25, 0.3) is 0 Å². The molecule has 0 heterocycles. The van der Waals surface area contributed by atoms with E-state index in [2.05, 4.69) is 20.8 Å². The second-order valence-corrected chi connectivity index (χ2v) is 4.83. The average Bonchev–Trinajstić information content (AvgIpc) is 2.29. The molecule has 0 aliphatic rings. The molecule has 96 valence electrons. The maximum atomic E-state index is 11.7. The number of rotatable bonds is 8. The quantitative estimate of drug-likeness (QED) is 0.665. The van der Waals surface area contributed by atoms with Crippen LogP contribution >= 0.6 is 0 Å². The Hall–Kier alpha value is -0.530. The summed E-state index contributed by atoms with van der Waals surface area (Å²) in [7, 11) is 0. The molecular formula is C14H28O2. The lowest BCUT2D eigenvalue weighted by Crippen LogP contribution is -2.46. The molecule has 16 heavy (non-hydrogen) atoms. The van der Waals surface area contributed by atoms with Gasteiger partial charge in [0.2, 0.25) is 0 Å². The molecule has 0 aromatic carbocycles. The maximum Gasteiger partial charge on any atom is 0.310 e. The van der Waals surface area contributed by atoms with E-state index in [-0.39, 0.29) is 5.41 Å². The van der Waals surface area contributed by atoms with Crippen LogP contribution in [0.1, 0.15) is 73.1 Å². The third-order valence-electron chi connectivity index (χ3n) is 4.71. The smallest absolute Gasteiger partial charge is 0.310 e. The number of aliphatic carboxylic acids is 1. The van der Waals surface area contributed by atoms with Crippen molar-refractivity contribution in [2.75, 3.05) is 0 Å². The molecule has 0 aliphatic carbocycles. The van der Waals surface area contributed by atoms with E-state index < -0.39 is 11.4 Å². The van der Waals surface area contributed by atoms with E-state index in [1.54, 1.807) is 0 Å². The van der Waals surface area contributed by atoms with Crippen LogP contribution in [0, 0.1) is 10.8 Å². The summed E-state index contributed by atoms with van der Waals surface area (Å²) in [6.45, 7) is 10.5. The van der Waals surface area contributed by atoms with Gasteiger partial charge in [-0.1, -0.05) is 41.0 Å². The van der Waals surface area contributed by atoms with Gasteiger partial charge in [0, 0.05) is 0 Å². The molecule has 2 nitrogen and oxygen atoms in total. The molecule has 0 atom stereocenters. The van der Waals surface area contributed by atoms with Crippen molar-refractivity contribution in [2.24, 2.45) is 10.8 Å². The van der Waals surface area contributed by atoms with E-state index in [1.165, 1.54) is 0 Å². The standard InChI is InChI=1S/C14H28O2/c1-6-11-13(7-2,8-3)14(9-4,10-5)12(15)16/h6-11H2,1-5H3,(H,15,16). The van der Waals surface area contributed by atoms with Crippen molar-refractivity contribution < 1.29 is 9.90 Å². The van der Waals surface area contributed by atoms with E-state index in [9.17, 15) is 9.90 Å². The van der Waals surface area contributed by atoms with Crippen molar-refractivity contribution in [3.8, 4) is 0 Å². The van der Waals surface area contributed by atoms with Crippen LogP contribution in [-0.2, 0) is 4.79 Å². The van der Waals surface area contributed by atoms with Crippen LogP contribution in [0.2, 0.25) is 0 Å². The average molecular weight is 228 g/mol. The van der Waals surface area contributed by atoms with Gasteiger partial charge in [-0.05, 0) is 37.5 Å². The highest BCUT2D eigenvalue weighted by Gasteiger charge is 2.51. The second kappa shape index (κ2) is 6.27. The van der Waals surface area contributed by atoms with Crippen LogP contribution < -0.4 is 0 Å². The minimum atomic E-state index is -0.602. The molecule has 0 saturated carbocycles. The van der Waals surface area contributed by atoms with Crippen LogP contribution in [0.5, 0.6) is 0 Å². The molecule has 0 bridgehead atoms. The van der Waals surface area contributed by atoms with E-state index in [1.807, 2.05) is 13.8 Å². The first-order valence-electron chi connectivity index (χ1n) is 6.73. The third-order valence-corrected chi connectivity index (χ3v) is 4.71. The summed E-state index contributed by atoms with van der Waals surface area (Å²) < 4.78 is 0. The molecule has 0 rings (SSSR count). The van der Waals surface area contributed by atoms with E-state index in [0.717, 1.165) is 38.5 Å². The van der Waals surface area contributed by atoms with E-state index in [0.29, 0.717) is 0 Å². The largest absolute Gasteiger partial charge is 0.481 e. The van der Waals surface area contributed by atoms with Gasteiger partial charge in [0.25, 0.3) is 0 Å². The van der Waals surface area contributed by atoms with Gasteiger partial charge in [0.1, 0.15) is 0 Å². The van der Waals surface area contributed by atoms with Crippen molar-refractivity contribution >= 4 is 5.97 Å². The summed E-state index contributed by atoms with van der Waals surface area (Å²) >= 11 is 0. The minimum Gasteiger partial charge on any atom is -0.481 e. The molecule has 0 spiro atoms. The minimum absolute atomic E-state index is 0.0307. The highest BCUT2D eigenvalue weighted by Crippen LogP contribution is 2.52. The lowest BCUT2D eigenvalue weighted by Gasteiger charge is -2.47. The summed E-state index contributed by atoms with van der Waals surface area (Å²) in [6, 6.07) is 0. The first-order valence-corrected chi connectivity index (χ1v) is 6.73. The highest BCUT2D eigenvalue weighted by molar-refractivity contribution is 5.75. The van der Waals surface area contributed by atoms with Gasteiger partial charge in [-0.25, -0.2) is 0 Å². The zero-order chi connectivity index (χ0) is 12.8.